The van der Waals surface area contributed by atoms with Crippen LogP contribution in [0.5, 0.6) is 0 Å². The Labute approximate surface area is 68.7 Å². The van der Waals surface area contributed by atoms with Crippen LogP contribution in [0.25, 0.3) is 0 Å². The third kappa shape index (κ3) is 4.29. The van der Waals surface area contributed by atoms with Crippen molar-refractivity contribution in [1.82, 2.24) is 0 Å². The summed E-state index contributed by atoms with van der Waals surface area (Å²) in [6.45, 7) is 0. The molecular weight excluding hydrogens is 132 g/mol. The van der Waals surface area contributed by atoms with Crippen LogP contribution < -0.4 is 0 Å². The van der Waals surface area contributed by atoms with Crippen LogP contribution in [0.1, 0.15) is 32.1 Å². The molecule has 0 fully saturated rings. The van der Waals surface area contributed by atoms with Crippen molar-refractivity contribution < 1.29 is 0 Å². The topological polar surface area (TPSA) is 0 Å². The molecule has 0 saturated heterocycles. The van der Waals surface area contributed by atoms with Gasteiger partial charge in [-0.3, -0.25) is 0 Å². The predicted octanol–water partition coefficient (Wildman–Crippen LogP) is 2.51. The summed E-state index contributed by atoms with van der Waals surface area (Å²) in [5.74, 6) is 12.1. The number of hydrogen-bond acceptors (Lipinski definition) is 0. The first-order chi connectivity index (χ1) is 5.50. The van der Waals surface area contributed by atoms with E-state index in [0.717, 1.165) is 12.8 Å². The summed E-state index contributed by atoms with van der Waals surface area (Å²) in [6, 6.07) is 0. The quantitative estimate of drug-likeness (QED) is 0.458. The highest BCUT2D eigenvalue weighted by molar-refractivity contribution is 5.24. The van der Waals surface area contributed by atoms with Gasteiger partial charge >= 0.3 is 0 Å². The maximum Gasteiger partial charge on any atom is 0.00922 e. The largest absolute Gasteiger partial charge is 0.0985 e. The molecule has 1 aliphatic rings. The van der Waals surface area contributed by atoms with Crippen molar-refractivity contribution in [2.24, 2.45) is 0 Å². The third-order valence-corrected chi connectivity index (χ3v) is 1.56. The molecule has 0 nitrogen and oxygen atoms in total. The van der Waals surface area contributed by atoms with Gasteiger partial charge in [-0.05, 0) is 25.0 Å². The summed E-state index contributed by atoms with van der Waals surface area (Å²) >= 11 is 0. The molecule has 0 radical (unpaired) electrons. The Bertz CT molecular complexity index is 211. The van der Waals surface area contributed by atoms with Crippen molar-refractivity contribution in [3.05, 3.63) is 12.2 Å². The van der Waals surface area contributed by atoms with Crippen LogP contribution in [-0.4, -0.2) is 0 Å². The molecular formula is C11H12. The van der Waals surface area contributed by atoms with Crippen molar-refractivity contribution in [1.29, 1.82) is 0 Å². The molecule has 0 bridgehead atoms. The Balaban J connectivity index is 2.46. The summed E-state index contributed by atoms with van der Waals surface area (Å²) < 4.78 is 0. The fourth-order valence-corrected chi connectivity index (χ4v) is 0.949. The third-order valence-electron chi connectivity index (χ3n) is 1.56. The van der Waals surface area contributed by atoms with E-state index in [9.17, 15) is 0 Å². The number of hydrogen-bond donors (Lipinski definition) is 0. The second-order valence-electron chi connectivity index (χ2n) is 2.54. The molecule has 0 atom stereocenters. The number of rotatable bonds is 0. The second kappa shape index (κ2) is 5.63. The molecule has 0 amide bonds. The minimum atomic E-state index is 1.03. The first kappa shape index (κ1) is 7.96. The Morgan fingerprint density at radius 3 is 1.82 bits per heavy atom. The Morgan fingerprint density at radius 1 is 0.727 bits per heavy atom. The van der Waals surface area contributed by atoms with Crippen molar-refractivity contribution in [3.63, 3.8) is 0 Å². The molecule has 0 aromatic carbocycles. The van der Waals surface area contributed by atoms with E-state index in [1.54, 1.807) is 0 Å². The molecule has 11 heavy (non-hydrogen) atoms. The first-order valence-corrected chi connectivity index (χ1v) is 4.12. The summed E-state index contributed by atoms with van der Waals surface area (Å²) in [7, 11) is 0. The molecule has 0 spiro atoms. The van der Waals surface area contributed by atoms with Gasteiger partial charge in [0.15, 0.2) is 0 Å². The lowest BCUT2D eigenvalue weighted by atomic mass is 10.1. The van der Waals surface area contributed by atoms with E-state index in [0.29, 0.717) is 0 Å². The van der Waals surface area contributed by atoms with E-state index in [4.69, 9.17) is 0 Å². The fraction of sp³-hybridized carbons (Fsp3) is 0.455. The molecule has 0 saturated carbocycles. The molecule has 0 N–H and O–H groups in total. The van der Waals surface area contributed by atoms with Gasteiger partial charge in [-0.15, -0.1) is 0 Å². The van der Waals surface area contributed by atoms with Crippen LogP contribution in [0.3, 0.4) is 0 Å². The van der Waals surface area contributed by atoms with Gasteiger partial charge in [-0.2, -0.15) is 0 Å². The molecule has 0 aromatic heterocycles. The van der Waals surface area contributed by atoms with Gasteiger partial charge in [0.2, 0.25) is 0 Å². The average molecular weight is 144 g/mol. The van der Waals surface area contributed by atoms with Crippen LogP contribution >= 0.6 is 0 Å². The molecule has 0 heteroatoms. The second-order valence-corrected chi connectivity index (χ2v) is 2.54. The first-order valence-electron chi connectivity index (χ1n) is 4.12. The van der Waals surface area contributed by atoms with E-state index in [1.165, 1.54) is 19.3 Å². The van der Waals surface area contributed by atoms with Crippen LogP contribution in [0.15, 0.2) is 12.2 Å². The molecule has 0 aromatic rings. The molecule has 1 aliphatic carbocycles. The normalized spacial score (nSPS) is 19.6. The van der Waals surface area contributed by atoms with Crippen molar-refractivity contribution in [3.8, 4) is 23.7 Å². The fourth-order valence-electron chi connectivity index (χ4n) is 0.949. The summed E-state index contributed by atoms with van der Waals surface area (Å²) in [4.78, 5) is 0. The van der Waals surface area contributed by atoms with Gasteiger partial charge < -0.3 is 0 Å². The van der Waals surface area contributed by atoms with E-state index in [1.807, 2.05) is 12.2 Å². The van der Waals surface area contributed by atoms with E-state index in [-0.39, 0.29) is 0 Å². The Hall–Kier alpha value is -1.14. The minimum Gasteiger partial charge on any atom is -0.0985 e. The highest BCUT2D eigenvalue weighted by Gasteiger charge is 1.85. The van der Waals surface area contributed by atoms with Gasteiger partial charge in [0, 0.05) is 12.8 Å². The molecule has 0 heterocycles. The highest BCUT2D eigenvalue weighted by atomic mass is 13.9. The smallest absolute Gasteiger partial charge is 0.00922 e. The van der Waals surface area contributed by atoms with Gasteiger partial charge in [0.25, 0.3) is 0 Å². The molecule has 0 aliphatic heterocycles. The van der Waals surface area contributed by atoms with Crippen LogP contribution in [0.4, 0.5) is 0 Å². The van der Waals surface area contributed by atoms with E-state index >= 15 is 0 Å². The lowest BCUT2D eigenvalue weighted by Gasteiger charge is -1.90. The van der Waals surface area contributed by atoms with Crippen molar-refractivity contribution in [2.75, 3.05) is 0 Å². The van der Waals surface area contributed by atoms with Gasteiger partial charge in [-0.1, -0.05) is 30.1 Å². The summed E-state index contributed by atoms with van der Waals surface area (Å²) in [5.41, 5.74) is 0. The Morgan fingerprint density at radius 2 is 1.27 bits per heavy atom. The predicted molar refractivity (Wildman–Crippen MR) is 47.8 cm³/mol. The van der Waals surface area contributed by atoms with Gasteiger partial charge in [-0.25, -0.2) is 0 Å². The molecule has 56 valence electrons. The van der Waals surface area contributed by atoms with E-state index < -0.39 is 0 Å². The lowest BCUT2D eigenvalue weighted by molar-refractivity contribution is 0.709. The maximum atomic E-state index is 3.08. The van der Waals surface area contributed by atoms with Gasteiger partial charge in [0.1, 0.15) is 0 Å². The van der Waals surface area contributed by atoms with Crippen molar-refractivity contribution in [2.45, 2.75) is 32.1 Å². The zero-order valence-corrected chi connectivity index (χ0v) is 6.69. The average Bonchev–Trinajstić information content (AvgIpc) is 2.08. The van der Waals surface area contributed by atoms with Crippen LogP contribution in [0, 0.1) is 23.7 Å². The SMILES string of the molecule is C1#CCCCCCC#C/C=C/1. The lowest BCUT2D eigenvalue weighted by Crippen LogP contribution is -1.74. The maximum absolute atomic E-state index is 3.08. The molecule has 1 rings (SSSR count). The highest BCUT2D eigenvalue weighted by Crippen LogP contribution is 2.01. The zero-order chi connectivity index (χ0) is 7.78. The summed E-state index contributed by atoms with van der Waals surface area (Å²) in [6.07, 6.45) is 9.44. The van der Waals surface area contributed by atoms with Crippen LogP contribution in [-0.2, 0) is 0 Å². The Kier molecular flexibility index (Phi) is 4.07. The standard InChI is InChI=1S/C11H12/c1-2-4-6-8-10-11-9-7-5-3-1/h1-2H,7-11H2/b2-1+. The van der Waals surface area contributed by atoms with Crippen molar-refractivity contribution >= 4 is 0 Å². The monoisotopic (exact) mass is 144 g/mol. The molecule has 0 unspecified atom stereocenters. The minimum absolute atomic E-state index is 1.03. The van der Waals surface area contributed by atoms with Gasteiger partial charge in [0.05, 0.1) is 0 Å². The van der Waals surface area contributed by atoms with Crippen LogP contribution in [0.2, 0.25) is 0 Å². The zero-order valence-electron chi connectivity index (χ0n) is 6.69. The number of allylic oxidation sites excluding steroid dienone is 2. The summed E-state index contributed by atoms with van der Waals surface area (Å²) in [5, 5.41) is 0. The van der Waals surface area contributed by atoms with E-state index in [2.05, 4.69) is 23.7 Å².